The fourth-order valence-electron chi connectivity index (χ4n) is 2.14. The molecule has 1 aromatic rings. The first-order chi connectivity index (χ1) is 10.2. The van der Waals surface area contributed by atoms with Crippen LogP contribution in [-0.2, 0) is 0 Å². The molecule has 0 radical (unpaired) electrons. The molecule has 1 fully saturated rings. The summed E-state index contributed by atoms with van der Waals surface area (Å²) in [5.74, 6) is 5.87. The molecule has 1 atom stereocenters. The third-order valence-electron chi connectivity index (χ3n) is 3.67. The van der Waals surface area contributed by atoms with Gasteiger partial charge >= 0.3 is 6.03 Å². The molecule has 0 spiro atoms. The summed E-state index contributed by atoms with van der Waals surface area (Å²) in [6.07, 6.45) is 3.87. The van der Waals surface area contributed by atoms with E-state index in [0.29, 0.717) is 12.5 Å². The number of hydrogen-bond acceptors (Lipinski definition) is 2. The Hall–Kier alpha value is -1.99. The van der Waals surface area contributed by atoms with E-state index in [9.17, 15) is 4.79 Å². The van der Waals surface area contributed by atoms with Crippen molar-refractivity contribution in [3.05, 3.63) is 35.4 Å². The number of aliphatic hydroxyl groups is 1. The standard InChI is InChI=1S/C17H22N2O2/c1-13(18-17(21)19-16-6-4-7-16)15-10-8-14(9-11-15)5-2-3-12-20/h8-11,13,16,20H,3-4,6-7,12H2,1H3,(H2,18,19,21). The Morgan fingerprint density at radius 2 is 2.10 bits per heavy atom. The average molecular weight is 286 g/mol. The highest BCUT2D eigenvalue weighted by Gasteiger charge is 2.20. The van der Waals surface area contributed by atoms with Gasteiger partial charge in [-0.25, -0.2) is 4.79 Å². The van der Waals surface area contributed by atoms with Crippen molar-refractivity contribution in [3.63, 3.8) is 0 Å². The lowest BCUT2D eigenvalue weighted by Crippen LogP contribution is -2.45. The number of nitrogens with one attached hydrogen (secondary N) is 2. The molecule has 1 saturated carbocycles. The molecule has 2 rings (SSSR count). The van der Waals surface area contributed by atoms with Gasteiger partial charge in [0.15, 0.2) is 0 Å². The number of aliphatic hydroxyl groups excluding tert-OH is 1. The molecule has 0 bridgehead atoms. The molecule has 0 heterocycles. The first-order valence-electron chi connectivity index (χ1n) is 7.46. The molecule has 112 valence electrons. The van der Waals surface area contributed by atoms with E-state index < -0.39 is 0 Å². The van der Waals surface area contributed by atoms with Gasteiger partial charge in [0.05, 0.1) is 12.6 Å². The van der Waals surface area contributed by atoms with Gasteiger partial charge < -0.3 is 15.7 Å². The second-order valence-electron chi connectivity index (χ2n) is 5.36. The van der Waals surface area contributed by atoms with Crippen LogP contribution in [0, 0.1) is 11.8 Å². The van der Waals surface area contributed by atoms with Crippen molar-refractivity contribution in [2.75, 3.05) is 6.61 Å². The van der Waals surface area contributed by atoms with Gasteiger partial charge in [0.25, 0.3) is 0 Å². The van der Waals surface area contributed by atoms with Crippen LogP contribution in [0.3, 0.4) is 0 Å². The smallest absolute Gasteiger partial charge is 0.315 e. The van der Waals surface area contributed by atoms with Crippen LogP contribution in [0.1, 0.15) is 49.8 Å². The lowest BCUT2D eigenvalue weighted by Gasteiger charge is -2.27. The molecule has 0 aromatic heterocycles. The highest BCUT2D eigenvalue weighted by molar-refractivity contribution is 5.74. The highest BCUT2D eigenvalue weighted by atomic mass is 16.2. The van der Waals surface area contributed by atoms with Crippen molar-refractivity contribution in [3.8, 4) is 11.8 Å². The zero-order valence-corrected chi connectivity index (χ0v) is 12.4. The Bertz CT molecular complexity index is 524. The molecular formula is C17H22N2O2. The SMILES string of the molecule is CC(NC(=O)NC1CCC1)c1ccc(C#CCCO)cc1. The van der Waals surface area contributed by atoms with E-state index in [0.717, 1.165) is 24.0 Å². The van der Waals surface area contributed by atoms with Crippen LogP contribution in [-0.4, -0.2) is 23.8 Å². The Labute approximate surface area is 125 Å². The third-order valence-corrected chi connectivity index (χ3v) is 3.67. The van der Waals surface area contributed by atoms with Gasteiger partial charge in [-0.15, -0.1) is 0 Å². The second kappa shape index (κ2) is 7.70. The second-order valence-corrected chi connectivity index (χ2v) is 5.36. The van der Waals surface area contributed by atoms with Crippen LogP contribution >= 0.6 is 0 Å². The van der Waals surface area contributed by atoms with Gasteiger partial charge in [-0.2, -0.15) is 0 Å². The van der Waals surface area contributed by atoms with Gasteiger partial charge in [0.2, 0.25) is 0 Å². The molecule has 1 unspecified atom stereocenters. The number of benzene rings is 1. The fraction of sp³-hybridized carbons (Fsp3) is 0.471. The van der Waals surface area contributed by atoms with Crippen molar-refractivity contribution in [1.82, 2.24) is 10.6 Å². The van der Waals surface area contributed by atoms with E-state index >= 15 is 0 Å². The molecule has 4 heteroatoms. The predicted octanol–water partition coefficient (Wildman–Crippen LogP) is 2.33. The molecule has 4 nitrogen and oxygen atoms in total. The minimum absolute atomic E-state index is 0.0375. The van der Waals surface area contributed by atoms with Crippen LogP contribution in [0.2, 0.25) is 0 Å². The topological polar surface area (TPSA) is 61.4 Å². The number of urea groups is 1. The van der Waals surface area contributed by atoms with Crippen LogP contribution in [0.15, 0.2) is 24.3 Å². The molecule has 3 N–H and O–H groups in total. The van der Waals surface area contributed by atoms with Crippen molar-refractivity contribution >= 4 is 6.03 Å². The third kappa shape index (κ3) is 4.80. The van der Waals surface area contributed by atoms with Crippen molar-refractivity contribution in [2.45, 2.75) is 44.7 Å². The van der Waals surface area contributed by atoms with Crippen molar-refractivity contribution < 1.29 is 9.90 Å². The Balaban J connectivity index is 1.85. The van der Waals surface area contributed by atoms with Gasteiger partial charge in [-0.1, -0.05) is 24.0 Å². The molecule has 1 aliphatic rings. The maximum atomic E-state index is 11.8. The lowest BCUT2D eigenvalue weighted by molar-refractivity contribution is 0.225. The van der Waals surface area contributed by atoms with E-state index in [1.54, 1.807) is 0 Å². The summed E-state index contributed by atoms with van der Waals surface area (Å²) < 4.78 is 0. The fourth-order valence-corrected chi connectivity index (χ4v) is 2.14. The molecule has 21 heavy (non-hydrogen) atoms. The van der Waals surface area contributed by atoms with E-state index in [2.05, 4.69) is 22.5 Å². The maximum absolute atomic E-state index is 11.8. The monoisotopic (exact) mass is 286 g/mol. The summed E-state index contributed by atoms with van der Waals surface area (Å²) in [5.41, 5.74) is 1.96. The summed E-state index contributed by atoms with van der Waals surface area (Å²) in [6, 6.07) is 8.02. The minimum atomic E-state index is -0.0981. The van der Waals surface area contributed by atoms with E-state index in [-0.39, 0.29) is 18.7 Å². The van der Waals surface area contributed by atoms with Crippen LogP contribution < -0.4 is 10.6 Å². The Morgan fingerprint density at radius 3 is 2.67 bits per heavy atom. The number of rotatable bonds is 4. The Kier molecular flexibility index (Phi) is 5.65. The normalized spacial score (nSPS) is 15.3. The summed E-state index contributed by atoms with van der Waals surface area (Å²) in [6.45, 7) is 2.05. The van der Waals surface area contributed by atoms with Crippen LogP contribution in [0.4, 0.5) is 4.79 Å². The summed E-state index contributed by atoms with van der Waals surface area (Å²) >= 11 is 0. The molecule has 0 saturated heterocycles. The molecular weight excluding hydrogens is 264 g/mol. The van der Waals surface area contributed by atoms with Gasteiger partial charge in [-0.05, 0) is 43.9 Å². The minimum Gasteiger partial charge on any atom is -0.395 e. The van der Waals surface area contributed by atoms with Crippen LogP contribution in [0.25, 0.3) is 0 Å². The van der Waals surface area contributed by atoms with E-state index in [1.807, 2.05) is 31.2 Å². The summed E-state index contributed by atoms with van der Waals surface area (Å²) in [5, 5.41) is 14.6. The van der Waals surface area contributed by atoms with Crippen molar-refractivity contribution in [1.29, 1.82) is 0 Å². The summed E-state index contributed by atoms with van der Waals surface area (Å²) in [7, 11) is 0. The number of hydrogen-bond donors (Lipinski definition) is 3. The number of amides is 2. The molecule has 0 aliphatic heterocycles. The predicted molar refractivity (Wildman–Crippen MR) is 82.7 cm³/mol. The highest BCUT2D eigenvalue weighted by Crippen LogP contribution is 2.18. The molecule has 1 aliphatic carbocycles. The van der Waals surface area contributed by atoms with E-state index in [4.69, 9.17) is 5.11 Å². The van der Waals surface area contributed by atoms with Gasteiger partial charge in [0.1, 0.15) is 0 Å². The maximum Gasteiger partial charge on any atom is 0.315 e. The summed E-state index contributed by atoms with van der Waals surface area (Å²) in [4.78, 5) is 11.8. The molecule has 1 aromatic carbocycles. The van der Waals surface area contributed by atoms with Crippen LogP contribution in [0.5, 0.6) is 0 Å². The quantitative estimate of drug-likeness (QED) is 0.744. The zero-order valence-electron chi connectivity index (χ0n) is 12.4. The van der Waals surface area contributed by atoms with Gasteiger partial charge in [-0.3, -0.25) is 0 Å². The Morgan fingerprint density at radius 1 is 1.38 bits per heavy atom. The first-order valence-corrected chi connectivity index (χ1v) is 7.46. The lowest BCUT2D eigenvalue weighted by atomic mass is 9.93. The average Bonchev–Trinajstić information content (AvgIpc) is 2.44. The molecule has 2 amide bonds. The van der Waals surface area contributed by atoms with Crippen molar-refractivity contribution in [2.24, 2.45) is 0 Å². The largest absolute Gasteiger partial charge is 0.395 e. The van der Waals surface area contributed by atoms with Gasteiger partial charge in [0, 0.05) is 18.0 Å². The number of carbonyl (C=O) groups is 1. The number of carbonyl (C=O) groups excluding carboxylic acids is 1. The van der Waals surface area contributed by atoms with E-state index in [1.165, 1.54) is 6.42 Å². The zero-order chi connectivity index (χ0) is 15.1. The first kappa shape index (κ1) is 15.4.